The molecule has 2 N–H and O–H groups in total. The first-order chi connectivity index (χ1) is 9.67. The molecule has 116 valence electrons. The van der Waals surface area contributed by atoms with E-state index in [4.69, 9.17) is 16.3 Å². The molecule has 1 amide bonds. The lowest BCUT2D eigenvalue weighted by Gasteiger charge is -2.20. The second-order valence-corrected chi connectivity index (χ2v) is 7.09. The van der Waals surface area contributed by atoms with Gasteiger partial charge in [-0.05, 0) is 70.2 Å². The Bertz CT molecular complexity index is 533. The summed E-state index contributed by atoms with van der Waals surface area (Å²) in [6.07, 6.45) is 2.56. The molecule has 0 spiro atoms. The topological polar surface area (TPSA) is 58.6 Å². The standard InChI is InChI=1S/C16H22ClNO3/c1-15(2,3)21-14(19)18-13-5-4-12(17)10-11(13)6-7-16(20)8-9-16/h4-5,10,20H,6-9H2,1-3H3,(H,18,19). The third-order valence-electron chi connectivity index (χ3n) is 3.39. The molecular formula is C16H22ClNO3. The van der Waals surface area contributed by atoms with Crippen molar-refractivity contribution in [3.63, 3.8) is 0 Å². The van der Waals surface area contributed by atoms with Crippen LogP contribution in [0.1, 0.15) is 45.6 Å². The highest BCUT2D eigenvalue weighted by Gasteiger charge is 2.39. The Hall–Kier alpha value is -1.26. The van der Waals surface area contributed by atoms with Gasteiger partial charge < -0.3 is 9.84 Å². The van der Waals surface area contributed by atoms with Crippen molar-refractivity contribution in [2.24, 2.45) is 0 Å². The van der Waals surface area contributed by atoms with Gasteiger partial charge in [0.2, 0.25) is 0 Å². The summed E-state index contributed by atoms with van der Waals surface area (Å²) in [6, 6.07) is 5.31. The predicted octanol–water partition coefficient (Wildman–Crippen LogP) is 4.14. The van der Waals surface area contributed by atoms with E-state index in [9.17, 15) is 9.90 Å². The minimum Gasteiger partial charge on any atom is -0.444 e. The van der Waals surface area contributed by atoms with Gasteiger partial charge in [0.15, 0.2) is 0 Å². The Morgan fingerprint density at radius 1 is 1.43 bits per heavy atom. The van der Waals surface area contributed by atoms with Crippen molar-refractivity contribution in [1.29, 1.82) is 0 Å². The van der Waals surface area contributed by atoms with E-state index >= 15 is 0 Å². The number of aliphatic hydroxyl groups is 1. The zero-order valence-electron chi connectivity index (χ0n) is 12.7. The predicted molar refractivity (Wildman–Crippen MR) is 83.8 cm³/mol. The summed E-state index contributed by atoms with van der Waals surface area (Å²) in [6.45, 7) is 5.45. The molecule has 1 aliphatic rings. The number of anilines is 1. The normalized spacial score (nSPS) is 16.4. The quantitative estimate of drug-likeness (QED) is 0.878. The van der Waals surface area contributed by atoms with Crippen LogP contribution in [0.2, 0.25) is 5.02 Å². The van der Waals surface area contributed by atoms with Crippen LogP contribution < -0.4 is 5.32 Å². The molecule has 1 aromatic carbocycles. The third-order valence-corrected chi connectivity index (χ3v) is 3.62. The van der Waals surface area contributed by atoms with Gasteiger partial charge in [-0.3, -0.25) is 5.32 Å². The minimum absolute atomic E-state index is 0.490. The Balaban J connectivity index is 2.05. The number of carbonyl (C=O) groups is 1. The number of benzene rings is 1. The highest BCUT2D eigenvalue weighted by molar-refractivity contribution is 6.30. The van der Waals surface area contributed by atoms with E-state index < -0.39 is 17.3 Å². The molecule has 5 heteroatoms. The molecule has 0 radical (unpaired) electrons. The van der Waals surface area contributed by atoms with E-state index in [0.29, 0.717) is 23.6 Å². The molecule has 0 atom stereocenters. The number of amides is 1. The van der Waals surface area contributed by atoms with Crippen LogP contribution in [0.4, 0.5) is 10.5 Å². The molecule has 2 rings (SSSR count). The van der Waals surface area contributed by atoms with Gasteiger partial charge in [-0.1, -0.05) is 11.6 Å². The summed E-state index contributed by atoms with van der Waals surface area (Å²) in [7, 11) is 0. The SMILES string of the molecule is CC(C)(C)OC(=O)Nc1ccc(Cl)cc1CCC1(O)CC1. The molecule has 0 heterocycles. The summed E-state index contributed by atoms with van der Waals surface area (Å²) in [5, 5.41) is 13.3. The van der Waals surface area contributed by atoms with Gasteiger partial charge in [-0.15, -0.1) is 0 Å². The van der Waals surface area contributed by atoms with Crippen molar-refractivity contribution < 1.29 is 14.6 Å². The maximum atomic E-state index is 11.9. The van der Waals surface area contributed by atoms with Crippen molar-refractivity contribution in [3.05, 3.63) is 28.8 Å². The van der Waals surface area contributed by atoms with E-state index in [1.807, 2.05) is 26.8 Å². The molecule has 1 saturated carbocycles. The fourth-order valence-corrected chi connectivity index (χ4v) is 2.26. The van der Waals surface area contributed by atoms with Crippen LogP contribution in [-0.4, -0.2) is 22.4 Å². The number of rotatable bonds is 4. The summed E-state index contributed by atoms with van der Waals surface area (Å²) in [4.78, 5) is 11.9. The summed E-state index contributed by atoms with van der Waals surface area (Å²) in [5.41, 5.74) is 0.525. The van der Waals surface area contributed by atoms with Crippen LogP contribution in [0.25, 0.3) is 0 Å². The highest BCUT2D eigenvalue weighted by Crippen LogP contribution is 2.40. The lowest BCUT2D eigenvalue weighted by Crippen LogP contribution is -2.27. The number of hydrogen-bond donors (Lipinski definition) is 2. The fraction of sp³-hybridized carbons (Fsp3) is 0.562. The molecule has 0 unspecified atom stereocenters. The van der Waals surface area contributed by atoms with Crippen molar-refractivity contribution in [2.45, 2.75) is 57.7 Å². The van der Waals surface area contributed by atoms with E-state index in [-0.39, 0.29) is 0 Å². The van der Waals surface area contributed by atoms with Crippen molar-refractivity contribution in [3.8, 4) is 0 Å². The van der Waals surface area contributed by atoms with Crippen molar-refractivity contribution in [2.75, 3.05) is 5.32 Å². The van der Waals surface area contributed by atoms with Gasteiger partial charge in [0.1, 0.15) is 5.60 Å². The van der Waals surface area contributed by atoms with Gasteiger partial charge >= 0.3 is 6.09 Å². The lowest BCUT2D eigenvalue weighted by molar-refractivity contribution is 0.0636. The van der Waals surface area contributed by atoms with Gasteiger partial charge in [0.05, 0.1) is 5.60 Å². The van der Waals surface area contributed by atoms with E-state index in [2.05, 4.69) is 5.32 Å². The molecule has 0 bridgehead atoms. The van der Waals surface area contributed by atoms with Gasteiger partial charge in [0, 0.05) is 10.7 Å². The second kappa shape index (κ2) is 5.85. The number of carbonyl (C=O) groups excluding carboxylic acids is 1. The van der Waals surface area contributed by atoms with Crippen LogP contribution in [0.5, 0.6) is 0 Å². The molecular weight excluding hydrogens is 290 g/mol. The lowest BCUT2D eigenvalue weighted by atomic mass is 10.0. The largest absolute Gasteiger partial charge is 0.444 e. The summed E-state index contributed by atoms with van der Waals surface area (Å²) >= 11 is 6.02. The van der Waals surface area contributed by atoms with Crippen molar-refractivity contribution >= 4 is 23.4 Å². The van der Waals surface area contributed by atoms with Crippen LogP contribution >= 0.6 is 11.6 Å². The van der Waals surface area contributed by atoms with Crippen LogP contribution in [0.15, 0.2) is 18.2 Å². The molecule has 0 aromatic heterocycles. The third kappa shape index (κ3) is 5.21. The van der Waals surface area contributed by atoms with E-state index in [0.717, 1.165) is 18.4 Å². The Morgan fingerprint density at radius 2 is 2.10 bits per heavy atom. The summed E-state index contributed by atoms with van der Waals surface area (Å²) < 4.78 is 5.25. The fourth-order valence-electron chi connectivity index (χ4n) is 2.07. The van der Waals surface area contributed by atoms with Crippen LogP contribution in [0, 0.1) is 0 Å². The molecule has 1 fully saturated rings. The van der Waals surface area contributed by atoms with E-state index in [1.165, 1.54) is 0 Å². The number of ether oxygens (including phenoxy) is 1. The average Bonchev–Trinajstić information content (AvgIpc) is 3.06. The van der Waals surface area contributed by atoms with Crippen molar-refractivity contribution in [1.82, 2.24) is 0 Å². The highest BCUT2D eigenvalue weighted by atomic mass is 35.5. The number of nitrogens with one attached hydrogen (secondary N) is 1. The Kier molecular flexibility index (Phi) is 4.49. The zero-order chi connectivity index (χ0) is 15.7. The molecule has 1 aromatic rings. The van der Waals surface area contributed by atoms with Gasteiger partial charge in [-0.2, -0.15) is 0 Å². The number of hydrogen-bond acceptors (Lipinski definition) is 3. The minimum atomic E-state index is -0.542. The van der Waals surface area contributed by atoms with E-state index in [1.54, 1.807) is 12.1 Å². The van der Waals surface area contributed by atoms with Crippen LogP contribution in [0.3, 0.4) is 0 Å². The van der Waals surface area contributed by atoms with Gasteiger partial charge in [0.25, 0.3) is 0 Å². The number of aryl methyl sites for hydroxylation is 1. The summed E-state index contributed by atoms with van der Waals surface area (Å²) in [5.74, 6) is 0. The Labute approximate surface area is 130 Å². The Morgan fingerprint density at radius 3 is 2.67 bits per heavy atom. The molecule has 4 nitrogen and oxygen atoms in total. The molecule has 21 heavy (non-hydrogen) atoms. The first-order valence-corrected chi connectivity index (χ1v) is 7.56. The first-order valence-electron chi connectivity index (χ1n) is 7.18. The second-order valence-electron chi connectivity index (χ2n) is 6.65. The first kappa shape index (κ1) is 16.1. The maximum Gasteiger partial charge on any atom is 0.412 e. The number of halogens is 1. The monoisotopic (exact) mass is 311 g/mol. The molecule has 0 saturated heterocycles. The molecule has 0 aliphatic heterocycles. The maximum absolute atomic E-state index is 11.9. The van der Waals surface area contributed by atoms with Crippen LogP contribution in [-0.2, 0) is 11.2 Å². The average molecular weight is 312 g/mol. The zero-order valence-corrected chi connectivity index (χ0v) is 13.5. The molecule has 1 aliphatic carbocycles. The van der Waals surface area contributed by atoms with Gasteiger partial charge in [-0.25, -0.2) is 4.79 Å². The smallest absolute Gasteiger partial charge is 0.412 e.